The minimum absolute atomic E-state index is 0.0337. The van der Waals surface area contributed by atoms with Crippen LogP contribution in [-0.4, -0.2) is 16.9 Å². The lowest BCUT2D eigenvalue weighted by atomic mass is 10.0. The molecule has 0 saturated carbocycles. The number of rotatable bonds is 6. The van der Waals surface area contributed by atoms with Gasteiger partial charge in [-0.05, 0) is 52.3 Å². The van der Waals surface area contributed by atoms with Gasteiger partial charge in [-0.2, -0.15) is 0 Å². The SMILES string of the molecule is O=C(/C=C/c1cccc2ccccc12)NC(=S)NNC(=O)c1ccccc1OCc1ccccc1. The fourth-order valence-electron chi connectivity index (χ4n) is 3.44. The zero-order chi connectivity index (χ0) is 24.5. The van der Waals surface area contributed by atoms with Gasteiger partial charge in [0.2, 0.25) is 5.91 Å². The van der Waals surface area contributed by atoms with Gasteiger partial charge in [-0.1, -0.05) is 84.9 Å². The Labute approximate surface area is 208 Å². The largest absolute Gasteiger partial charge is 0.488 e. The van der Waals surface area contributed by atoms with Crippen LogP contribution in [0.25, 0.3) is 16.8 Å². The molecule has 3 N–H and O–H groups in total. The Balaban J connectivity index is 1.30. The summed E-state index contributed by atoms with van der Waals surface area (Å²) < 4.78 is 5.82. The number of nitrogens with one attached hydrogen (secondary N) is 3. The van der Waals surface area contributed by atoms with Crippen molar-refractivity contribution in [2.24, 2.45) is 0 Å². The fraction of sp³-hybridized carbons (Fsp3) is 0.0357. The maximum atomic E-state index is 12.7. The average molecular weight is 482 g/mol. The summed E-state index contributed by atoms with van der Waals surface area (Å²) in [5.74, 6) is -0.434. The summed E-state index contributed by atoms with van der Waals surface area (Å²) >= 11 is 5.13. The Hall–Kier alpha value is -4.49. The van der Waals surface area contributed by atoms with Gasteiger partial charge in [0, 0.05) is 6.08 Å². The summed E-state index contributed by atoms with van der Waals surface area (Å²) in [6.45, 7) is 0.329. The molecule has 2 amide bonds. The number of carbonyl (C=O) groups excluding carboxylic acids is 2. The maximum absolute atomic E-state index is 12.7. The van der Waals surface area contributed by atoms with Crippen molar-refractivity contribution in [1.29, 1.82) is 0 Å². The van der Waals surface area contributed by atoms with E-state index in [2.05, 4.69) is 16.2 Å². The molecule has 0 bridgehead atoms. The third kappa shape index (κ3) is 6.52. The van der Waals surface area contributed by atoms with Crippen LogP contribution in [0.1, 0.15) is 21.5 Å². The summed E-state index contributed by atoms with van der Waals surface area (Å²) in [5, 5.41) is 4.61. The van der Waals surface area contributed by atoms with Crippen LogP contribution in [0, 0.1) is 0 Å². The van der Waals surface area contributed by atoms with E-state index in [0.717, 1.165) is 21.9 Å². The molecule has 0 aliphatic rings. The Kier molecular flexibility index (Phi) is 7.83. The number of ether oxygens (including phenoxy) is 1. The lowest BCUT2D eigenvalue weighted by Gasteiger charge is -2.13. The molecule has 0 aliphatic heterocycles. The summed E-state index contributed by atoms with van der Waals surface area (Å²) in [6.07, 6.45) is 3.11. The van der Waals surface area contributed by atoms with Crippen LogP contribution in [0.4, 0.5) is 0 Å². The first-order valence-electron chi connectivity index (χ1n) is 10.9. The predicted molar refractivity (Wildman–Crippen MR) is 142 cm³/mol. The van der Waals surface area contributed by atoms with E-state index >= 15 is 0 Å². The molecule has 0 heterocycles. The van der Waals surface area contributed by atoms with Crippen LogP contribution in [0.2, 0.25) is 0 Å². The highest BCUT2D eigenvalue weighted by molar-refractivity contribution is 7.80. The minimum atomic E-state index is -0.448. The zero-order valence-corrected chi connectivity index (χ0v) is 19.5. The van der Waals surface area contributed by atoms with Crippen molar-refractivity contribution >= 4 is 46.0 Å². The standard InChI is InChI=1S/C28H23N3O3S/c32-26(18-17-22-13-8-12-21-11-4-5-14-23(21)22)29-28(35)31-30-27(33)24-15-6-7-16-25(24)34-19-20-9-2-1-3-10-20/h1-18H,19H2,(H,30,33)(H2,29,31,32,35)/b18-17+. The van der Waals surface area contributed by atoms with Crippen molar-refractivity contribution < 1.29 is 14.3 Å². The molecule has 0 atom stereocenters. The number of fused-ring (bicyclic) bond motifs is 1. The van der Waals surface area contributed by atoms with E-state index in [1.807, 2.05) is 72.8 Å². The molecular formula is C28H23N3O3S. The molecule has 174 valence electrons. The molecule has 0 aliphatic carbocycles. The van der Waals surface area contributed by atoms with E-state index in [0.29, 0.717) is 17.9 Å². The molecule has 7 heteroatoms. The number of carbonyl (C=O) groups is 2. The topological polar surface area (TPSA) is 79.5 Å². The summed E-state index contributed by atoms with van der Waals surface area (Å²) in [4.78, 5) is 25.0. The van der Waals surface area contributed by atoms with Crippen LogP contribution < -0.4 is 20.9 Å². The Morgan fingerprint density at radius 2 is 1.51 bits per heavy atom. The van der Waals surface area contributed by atoms with E-state index < -0.39 is 11.8 Å². The number of hydrazine groups is 1. The second kappa shape index (κ2) is 11.6. The monoisotopic (exact) mass is 481 g/mol. The maximum Gasteiger partial charge on any atom is 0.273 e. The van der Waals surface area contributed by atoms with E-state index in [9.17, 15) is 9.59 Å². The number of thiocarbonyl (C=S) groups is 1. The molecular weight excluding hydrogens is 458 g/mol. The number of para-hydroxylation sites is 1. The van der Waals surface area contributed by atoms with E-state index in [-0.39, 0.29) is 5.11 Å². The molecule has 35 heavy (non-hydrogen) atoms. The van der Waals surface area contributed by atoms with Crippen LogP contribution >= 0.6 is 12.2 Å². The highest BCUT2D eigenvalue weighted by Gasteiger charge is 2.13. The van der Waals surface area contributed by atoms with E-state index in [1.54, 1.807) is 30.3 Å². The Morgan fingerprint density at radius 3 is 2.37 bits per heavy atom. The van der Waals surface area contributed by atoms with Gasteiger partial charge in [0.1, 0.15) is 12.4 Å². The van der Waals surface area contributed by atoms with Crippen LogP contribution in [0.5, 0.6) is 5.75 Å². The number of amides is 2. The third-order valence-corrected chi connectivity index (χ3v) is 5.34. The number of hydrogen-bond donors (Lipinski definition) is 3. The van der Waals surface area contributed by atoms with Gasteiger partial charge in [-0.3, -0.25) is 25.8 Å². The molecule has 0 radical (unpaired) electrons. The quantitative estimate of drug-likeness (QED) is 0.210. The second-order valence-electron chi connectivity index (χ2n) is 7.57. The van der Waals surface area contributed by atoms with Crippen molar-refractivity contribution in [2.45, 2.75) is 6.61 Å². The molecule has 4 aromatic rings. The molecule has 4 rings (SSSR count). The third-order valence-electron chi connectivity index (χ3n) is 5.13. The lowest BCUT2D eigenvalue weighted by Crippen LogP contribution is -2.48. The smallest absolute Gasteiger partial charge is 0.273 e. The fourth-order valence-corrected chi connectivity index (χ4v) is 3.59. The summed E-state index contributed by atoms with van der Waals surface area (Å²) in [5.41, 5.74) is 7.28. The first-order chi connectivity index (χ1) is 17.1. The van der Waals surface area contributed by atoms with Crippen LogP contribution in [0.3, 0.4) is 0 Å². The van der Waals surface area contributed by atoms with Crippen molar-refractivity contribution in [3.05, 3.63) is 120 Å². The van der Waals surface area contributed by atoms with Gasteiger partial charge < -0.3 is 4.74 Å². The average Bonchev–Trinajstić information content (AvgIpc) is 2.90. The molecule has 0 saturated heterocycles. The van der Waals surface area contributed by atoms with Crippen molar-refractivity contribution in [1.82, 2.24) is 16.2 Å². The molecule has 4 aromatic carbocycles. The minimum Gasteiger partial charge on any atom is -0.488 e. The first-order valence-corrected chi connectivity index (χ1v) is 11.3. The number of benzene rings is 4. The van der Waals surface area contributed by atoms with Crippen molar-refractivity contribution in [2.75, 3.05) is 0 Å². The molecule has 0 spiro atoms. The van der Waals surface area contributed by atoms with Gasteiger partial charge >= 0.3 is 0 Å². The molecule has 0 unspecified atom stereocenters. The summed E-state index contributed by atoms with van der Waals surface area (Å²) in [7, 11) is 0. The molecule has 6 nitrogen and oxygen atoms in total. The molecule has 0 aromatic heterocycles. The van der Waals surface area contributed by atoms with Gasteiger partial charge in [0.15, 0.2) is 5.11 Å². The van der Waals surface area contributed by atoms with Gasteiger partial charge in [-0.15, -0.1) is 0 Å². The Bertz CT molecular complexity index is 1380. The highest BCUT2D eigenvalue weighted by atomic mass is 32.1. The highest BCUT2D eigenvalue weighted by Crippen LogP contribution is 2.20. The van der Waals surface area contributed by atoms with Gasteiger partial charge in [0.05, 0.1) is 5.56 Å². The van der Waals surface area contributed by atoms with E-state index in [1.165, 1.54) is 6.08 Å². The summed E-state index contributed by atoms with van der Waals surface area (Å²) in [6, 6.07) is 30.4. The van der Waals surface area contributed by atoms with Gasteiger partial charge in [-0.25, -0.2) is 0 Å². The van der Waals surface area contributed by atoms with Crippen molar-refractivity contribution in [3.8, 4) is 5.75 Å². The first kappa shape index (κ1) is 23.7. The van der Waals surface area contributed by atoms with Gasteiger partial charge in [0.25, 0.3) is 5.91 Å². The predicted octanol–water partition coefficient (Wildman–Crippen LogP) is 4.77. The normalized spacial score (nSPS) is 10.6. The lowest BCUT2D eigenvalue weighted by molar-refractivity contribution is -0.115. The molecule has 0 fully saturated rings. The number of hydrogen-bond acceptors (Lipinski definition) is 4. The van der Waals surface area contributed by atoms with Crippen LogP contribution in [-0.2, 0) is 11.4 Å². The van der Waals surface area contributed by atoms with Crippen molar-refractivity contribution in [3.63, 3.8) is 0 Å². The zero-order valence-electron chi connectivity index (χ0n) is 18.7. The van der Waals surface area contributed by atoms with E-state index in [4.69, 9.17) is 17.0 Å². The van der Waals surface area contributed by atoms with Crippen LogP contribution in [0.15, 0.2) is 103 Å². The second-order valence-corrected chi connectivity index (χ2v) is 7.98. The Morgan fingerprint density at radius 1 is 0.800 bits per heavy atom.